The van der Waals surface area contributed by atoms with Crippen molar-refractivity contribution in [3.63, 3.8) is 0 Å². The summed E-state index contributed by atoms with van der Waals surface area (Å²) in [6, 6.07) is 0. The van der Waals surface area contributed by atoms with Crippen molar-refractivity contribution >= 4 is 5.97 Å². The van der Waals surface area contributed by atoms with Crippen molar-refractivity contribution in [1.29, 1.82) is 0 Å². The van der Waals surface area contributed by atoms with Crippen molar-refractivity contribution in [2.45, 2.75) is 32.8 Å². The summed E-state index contributed by atoms with van der Waals surface area (Å²) in [6.45, 7) is 5.35. The van der Waals surface area contributed by atoms with E-state index < -0.39 is 11.6 Å². The van der Waals surface area contributed by atoms with Gasteiger partial charge >= 0.3 is 5.97 Å². The summed E-state index contributed by atoms with van der Waals surface area (Å²) >= 11 is 0. The van der Waals surface area contributed by atoms with E-state index in [0.29, 0.717) is 6.61 Å². The van der Waals surface area contributed by atoms with Gasteiger partial charge in [0.25, 0.3) is 0 Å². The number of hydrogen-bond acceptors (Lipinski definition) is 2. The van der Waals surface area contributed by atoms with Crippen molar-refractivity contribution in [1.82, 2.24) is 0 Å². The molecule has 0 rings (SSSR count). The Kier molecular flexibility index (Phi) is 3.36. The maximum Gasteiger partial charge on any atom is 0.386 e. The van der Waals surface area contributed by atoms with Crippen LogP contribution < -0.4 is 0 Å². The van der Waals surface area contributed by atoms with Crippen LogP contribution in [0.3, 0.4) is 0 Å². The molecule has 0 spiro atoms. The van der Waals surface area contributed by atoms with E-state index in [-0.39, 0.29) is 0 Å². The van der Waals surface area contributed by atoms with E-state index in [1.54, 1.807) is 0 Å². The lowest BCUT2D eigenvalue weighted by molar-refractivity contribution is -0.167. The van der Waals surface area contributed by atoms with Crippen LogP contribution >= 0.6 is 0 Å². The fraction of sp³-hybridized carbons (Fsp3) is 0.857. The highest BCUT2D eigenvalue weighted by molar-refractivity contribution is 5.75. The number of carbonyl (C=O) groups is 1. The molecule has 3 nitrogen and oxygen atoms in total. The minimum absolute atomic E-state index is 0.459. The first-order valence-corrected chi connectivity index (χ1v) is 3.36. The van der Waals surface area contributed by atoms with Gasteiger partial charge in [-0.2, -0.15) is 0 Å². The Morgan fingerprint density at radius 1 is 1.50 bits per heavy atom. The maximum atomic E-state index is 10.3. The van der Waals surface area contributed by atoms with Gasteiger partial charge in [-0.15, -0.1) is 0 Å². The summed E-state index contributed by atoms with van der Waals surface area (Å²) in [7, 11) is 0. The summed E-state index contributed by atoms with van der Waals surface area (Å²) in [5, 5.41) is 10.3. The van der Waals surface area contributed by atoms with Crippen molar-refractivity contribution in [2.24, 2.45) is 0 Å². The second-order valence-electron chi connectivity index (χ2n) is 2.65. The van der Waals surface area contributed by atoms with Crippen LogP contribution in [0, 0.1) is 0 Å². The predicted octanol–water partition coefficient (Wildman–Crippen LogP) is 1.15. The zero-order valence-corrected chi connectivity index (χ0v) is 6.64. The molecule has 0 heterocycles. The van der Waals surface area contributed by atoms with Gasteiger partial charge in [-0.05, 0) is 20.3 Å². The fourth-order valence-electron chi connectivity index (χ4n) is 0.416. The van der Waals surface area contributed by atoms with Crippen LogP contribution in [0.1, 0.15) is 27.2 Å². The van der Waals surface area contributed by atoms with E-state index in [4.69, 9.17) is 4.74 Å². The highest BCUT2D eigenvalue weighted by Gasteiger charge is 2.29. The second-order valence-corrected chi connectivity index (χ2v) is 2.65. The van der Waals surface area contributed by atoms with E-state index in [1.165, 1.54) is 13.8 Å². The normalized spacial score (nSPS) is 11.5. The molecule has 0 bridgehead atoms. The molecule has 0 atom stereocenters. The summed E-state index contributed by atoms with van der Waals surface area (Å²) in [5.41, 5.74) is -1.14. The summed E-state index contributed by atoms with van der Waals surface area (Å²) in [6.07, 6.45) is 0.816. The number of ether oxygens (including phenoxy) is 1. The van der Waals surface area contributed by atoms with Gasteiger partial charge in [0.15, 0.2) is 5.60 Å². The molecule has 0 aromatic heterocycles. The summed E-state index contributed by atoms with van der Waals surface area (Å²) in [4.78, 5) is 10.3. The molecule has 0 aromatic rings. The zero-order valence-electron chi connectivity index (χ0n) is 6.64. The lowest BCUT2D eigenvalue weighted by atomic mass is 10.1. The van der Waals surface area contributed by atoms with Crippen LogP contribution in [0.15, 0.2) is 0 Å². The molecule has 0 aliphatic rings. The third-order valence-corrected chi connectivity index (χ3v) is 1.16. The Morgan fingerprint density at radius 3 is 2.30 bits per heavy atom. The van der Waals surface area contributed by atoms with Gasteiger partial charge in [0.2, 0.25) is 0 Å². The van der Waals surface area contributed by atoms with Gasteiger partial charge < -0.3 is 4.74 Å². The van der Waals surface area contributed by atoms with Crippen LogP contribution in [0.2, 0.25) is 0 Å². The van der Waals surface area contributed by atoms with Crippen LogP contribution in [0.4, 0.5) is 0 Å². The molecule has 10 heavy (non-hydrogen) atoms. The summed E-state index contributed by atoms with van der Waals surface area (Å²) < 4.78 is 4.98. The lowest BCUT2D eigenvalue weighted by Gasteiger charge is -2.17. The Bertz CT molecular complexity index is 118. The Balaban J connectivity index is 3.75. The van der Waals surface area contributed by atoms with Crippen molar-refractivity contribution in [3.05, 3.63) is 0 Å². The molecule has 0 aliphatic heterocycles. The molecule has 0 saturated carbocycles. The Labute approximate surface area is 61.0 Å². The highest BCUT2D eigenvalue weighted by atomic mass is 16.5. The van der Waals surface area contributed by atoms with Gasteiger partial charge in [-0.1, -0.05) is 6.92 Å². The predicted molar refractivity (Wildman–Crippen MR) is 36.0 cm³/mol. The van der Waals surface area contributed by atoms with Crippen LogP contribution in [0.25, 0.3) is 0 Å². The fourth-order valence-corrected chi connectivity index (χ4v) is 0.416. The van der Waals surface area contributed by atoms with Gasteiger partial charge in [-0.25, -0.2) is 9.90 Å². The average Bonchev–Trinajstić information content (AvgIpc) is 1.84. The van der Waals surface area contributed by atoms with Crippen LogP contribution in [-0.4, -0.2) is 18.2 Å². The van der Waals surface area contributed by atoms with Crippen molar-refractivity contribution in [2.75, 3.05) is 6.61 Å². The summed E-state index contributed by atoms with van der Waals surface area (Å²) in [5.74, 6) is -1.17. The van der Waals surface area contributed by atoms with E-state index in [0.717, 1.165) is 6.42 Å². The largest absolute Gasteiger partial charge is 0.386 e. The third-order valence-electron chi connectivity index (χ3n) is 1.16. The molecule has 0 aromatic carbocycles. The van der Waals surface area contributed by atoms with Crippen molar-refractivity contribution in [3.8, 4) is 0 Å². The first kappa shape index (κ1) is 9.43. The molecule has 1 radical (unpaired) electrons. The minimum Gasteiger partial charge on any atom is -0.364 e. The quantitative estimate of drug-likeness (QED) is 0.595. The molecule has 0 saturated heterocycles. The smallest absolute Gasteiger partial charge is 0.364 e. The molecule has 0 fully saturated rings. The number of carbonyl (C=O) groups excluding carboxylic acids is 1. The van der Waals surface area contributed by atoms with Crippen LogP contribution in [0.5, 0.6) is 0 Å². The Hall–Kier alpha value is -0.570. The second kappa shape index (κ2) is 3.56. The van der Waals surface area contributed by atoms with E-state index in [9.17, 15) is 9.90 Å². The topological polar surface area (TPSA) is 46.2 Å². The first-order valence-electron chi connectivity index (χ1n) is 3.36. The van der Waals surface area contributed by atoms with Gasteiger partial charge in [-0.3, -0.25) is 0 Å². The highest BCUT2D eigenvalue weighted by Crippen LogP contribution is 2.09. The van der Waals surface area contributed by atoms with E-state index in [2.05, 4.69) is 0 Å². The first-order chi connectivity index (χ1) is 4.50. The lowest BCUT2D eigenvalue weighted by Crippen LogP contribution is -2.34. The molecular weight excluding hydrogens is 132 g/mol. The molecule has 59 valence electrons. The zero-order chi connectivity index (χ0) is 8.20. The molecule has 0 unspecified atom stereocenters. The molecular formula is C7H13O3. The number of hydrogen-bond donors (Lipinski definition) is 0. The van der Waals surface area contributed by atoms with E-state index >= 15 is 0 Å². The van der Waals surface area contributed by atoms with Crippen LogP contribution in [-0.2, 0) is 14.6 Å². The third kappa shape index (κ3) is 2.82. The Morgan fingerprint density at radius 2 is 2.00 bits per heavy atom. The molecule has 0 amide bonds. The number of rotatable bonds is 4. The standard InChI is InChI=1S/C7H13O3/c1-4-5-10-7(2,3)6(8)9/h4-5H2,1-3H3. The SMILES string of the molecule is CCCOC(C)(C)C([O])=O. The molecule has 3 heteroatoms. The molecule has 0 aliphatic carbocycles. The van der Waals surface area contributed by atoms with E-state index in [1.807, 2.05) is 6.92 Å². The monoisotopic (exact) mass is 145 g/mol. The van der Waals surface area contributed by atoms with Gasteiger partial charge in [0.1, 0.15) is 0 Å². The maximum absolute atomic E-state index is 10.3. The minimum atomic E-state index is -1.17. The van der Waals surface area contributed by atoms with Gasteiger partial charge in [0, 0.05) is 6.61 Å². The molecule has 0 N–H and O–H groups in total. The van der Waals surface area contributed by atoms with Gasteiger partial charge in [0.05, 0.1) is 0 Å². The van der Waals surface area contributed by atoms with Crippen molar-refractivity contribution < 1.29 is 14.6 Å². The average molecular weight is 145 g/mol.